The maximum Gasteiger partial charge on any atom is 0.239 e. The maximum absolute atomic E-state index is 11.8. The summed E-state index contributed by atoms with van der Waals surface area (Å²) in [6, 6.07) is 5.08. The normalized spacial score (nSPS) is 12.0. The van der Waals surface area contributed by atoms with Crippen molar-refractivity contribution in [2.24, 2.45) is 11.7 Å². The molecule has 2 amide bonds. The highest BCUT2D eigenvalue weighted by molar-refractivity contribution is 7.09. The van der Waals surface area contributed by atoms with Gasteiger partial charge < -0.3 is 16.4 Å². The summed E-state index contributed by atoms with van der Waals surface area (Å²) >= 11 is 1.53. The molecule has 0 aliphatic rings. The van der Waals surface area contributed by atoms with Gasteiger partial charge in [0, 0.05) is 24.5 Å². The molecule has 0 unspecified atom stereocenters. The Morgan fingerprint density at radius 1 is 1.24 bits per heavy atom. The Morgan fingerprint density at radius 2 is 2.04 bits per heavy atom. The molecule has 4 N–H and O–H groups in total. The highest BCUT2D eigenvalue weighted by Crippen LogP contribution is 2.19. The lowest BCUT2D eigenvalue weighted by Crippen LogP contribution is -2.47. The van der Waals surface area contributed by atoms with Crippen molar-refractivity contribution in [2.75, 3.05) is 13.1 Å². The summed E-state index contributed by atoms with van der Waals surface area (Å²) in [6.07, 6.45) is 2.36. The van der Waals surface area contributed by atoms with Crippen molar-refractivity contribution >= 4 is 23.2 Å². The minimum atomic E-state index is -0.604. The van der Waals surface area contributed by atoms with Gasteiger partial charge in [-0.1, -0.05) is 19.9 Å². The summed E-state index contributed by atoms with van der Waals surface area (Å²) in [6.45, 7) is 4.10. The van der Waals surface area contributed by atoms with Crippen molar-refractivity contribution in [1.29, 1.82) is 0 Å². The number of aromatic nitrogens is 2. The zero-order valence-electron chi connectivity index (χ0n) is 14.4. The summed E-state index contributed by atoms with van der Waals surface area (Å²) in [7, 11) is 0. The number of hydrogen-bond donors (Lipinski definition) is 3. The largest absolute Gasteiger partial charge is 0.354 e. The molecule has 0 bridgehead atoms. The number of pyridine rings is 1. The molecule has 1 atom stereocenters. The van der Waals surface area contributed by atoms with E-state index in [9.17, 15) is 9.59 Å². The number of amides is 2. The molecule has 0 fully saturated rings. The van der Waals surface area contributed by atoms with E-state index in [1.807, 2.05) is 37.4 Å². The summed E-state index contributed by atoms with van der Waals surface area (Å²) in [5, 5.41) is 8.18. The minimum Gasteiger partial charge on any atom is -0.354 e. The number of thiazole rings is 1. The van der Waals surface area contributed by atoms with Crippen LogP contribution in [0.3, 0.4) is 0 Å². The lowest BCUT2D eigenvalue weighted by molar-refractivity contribution is -0.127. The number of nitrogens with one attached hydrogen (secondary N) is 2. The van der Waals surface area contributed by atoms with Gasteiger partial charge >= 0.3 is 0 Å². The molecule has 7 nitrogen and oxygen atoms in total. The van der Waals surface area contributed by atoms with Gasteiger partial charge in [0.25, 0.3) is 0 Å². The third-order valence-corrected chi connectivity index (χ3v) is 4.49. The van der Waals surface area contributed by atoms with E-state index in [4.69, 9.17) is 5.73 Å². The lowest BCUT2D eigenvalue weighted by atomic mass is 10.1. The van der Waals surface area contributed by atoms with E-state index in [1.54, 1.807) is 6.20 Å². The smallest absolute Gasteiger partial charge is 0.239 e. The van der Waals surface area contributed by atoms with Crippen molar-refractivity contribution in [3.63, 3.8) is 0 Å². The van der Waals surface area contributed by atoms with Crippen molar-refractivity contribution in [2.45, 2.75) is 26.3 Å². The Bertz CT molecular complexity index is 702. The monoisotopic (exact) mass is 361 g/mol. The van der Waals surface area contributed by atoms with Crippen molar-refractivity contribution in [3.8, 4) is 11.4 Å². The van der Waals surface area contributed by atoms with Crippen LogP contribution in [-0.4, -0.2) is 40.9 Å². The van der Waals surface area contributed by atoms with Crippen LogP contribution in [0.25, 0.3) is 11.4 Å². The standard InChI is InChI=1S/C17H23N5O2S/c1-11(2)16(18)17(24)21-9-14(23)20-8-6-15-22-13(10-25-15)12-5-3-4-7-19-12/h3-5,7,10-11,16H,6,8-9,18H2,1-2H3,(H,20,23)(H,21,24)/t16-/m0/s1. The van der Waals surface area contributed by atoms with Crippen LogP contribution in [0.4, 0.5) is 0 Å². The average molecular weight is 361 g/mol. The second-order valence-corrected chi connectivity index (χ2v) is 6.87. The van der Waals surface area contributed by atoms with Crippen LogP contribution in [0.2, 0.25) is 0 Å². The zero-order chi connectivity index (χ0) is 18.2. The Kier molecular flexibility index (Phi) is 7.03. The van der Waals surface area contributed by atoms with Gasteiger partial charge in [0.2, 0.25) is 11.8 Å². The molecular formula is C17H23N5O2S. The third kappa shape index (κ3) is 5.91. The van der Waals surface area contributed by atoms with Gasteiger partial charge in [-0.2, -0.15) is 0 Å². The second-order valence-electron chi connectivity index (χ2n) is 5.93. The van der Waals surface area contributed by atoms with Crippen molar-refractivity contribution in [1.82, 2.24) is 20.6 Å². The van der Waals surface area contributed by atoms with Crippen LogP contribution in [-0.2, 0) is 16.0 Å². The first-order chi connectivity index (χ1) is 12.0. The predicted octanol–water partition coefficient (Wildman–Crippen LogP) is 0.963. The lowest BCUT2D eigenvalue weighted by Gasteiger charge is -2.15. The van der Waals surface area contributed by atoms with Gasteiger partial charge in [-0.05, 0) is 18.1 Å². The number of nitrogens with two attached hydrogens (primary N) is 1. The van der Waals surface area contributed by atoms with Crippen LogP contribution in [0.15, 0.2) is 29.8 Å². The molecule has 0 radical (unpaired) electrons. The fourth-order valence-electron chi connectivity index (χ4n) is 2.02. The summed E-state index contributed by atoms with van der Waals surface area (Å²) < 4.78 is 0. The van der Waals surface area contributed by atoms with Crippen LogP contribution in [0.1, 0.15) is 18.9 Å². The van der Waals surface area contributed by atoms with Crippen molar-refractivity contribution < 1.29 is 9.59 Å². The molecular weight excluding hydrogens is 338 g/mol. The number of carbonyl (C=O) groups is 2. The Morgan fingerprint density at radius 3 is 2.72 bits per heavy atom. The maximum atomic E-state index is 11.8. The number of rotatable bonds is 8. The minimum absolute atomic E-state index is 0.0289. The average Bonchev–Trinajstić information content (AvgIpc) is 3.08. The van der Waals surface area contributed by atoms with E-state index in [2.05, 4.69) is 20.6 Å². The molecule has 0 aliphatic heterocycles. The van der Waals surface area contributed by atoms with E-state index in [1.165, 1.54) is 11.3 Å². The first-order valence-electron chi connectivity index (χ1n) is 8.13. The molecule has 2 aromatic heterocycles. The van der Waals surface area contributed by atoms with E-state index in [0.29, 0.717) is 13.0 Å². The molecule has 25 heavy (non-hydrogen) atoms. The molecule has 8 heteroatoms. The highest BCUT2D eigenvalue weighted by atomic mass is 32.1. The molecule has 134 valence electrons. The first kappa shape index (κ1) is 19.0. The predicted molar refractivity (Wildman–Crippen MR) is 97.9 cm³/mol. The van der Waals surface area contributed by atoms with Gasteiger partial charge in [0.15, 0.2) is 0 Å². The van der Waals surface area contributed by atoms with E-state index < -0.39 is 6.04 Å². The first-order valence-corrected chi connectivity index (χ1v) is 9.01. The SMILES string of the molecule is CC(C)[C@H](N)C(=O)NCC(=O)NCCc1nc(-c2ccccn2)cs1. The fraction of sp³-hybridized carbons (Fsp3) is 0.412. The third-order valence-electron chi connectivity index (χ3n) is 3.58. The van der Waals surface area contributed by atoms with Gasteiger partial charge in [0.1, 0.15) is 0 Å². The van der Waals surface area contributed by atoms with Crippen LogP contribution >= 0.6 is 11.3 Å². The molecule has 2 rings (SSSR count). The summed E-state index contributed by atoms with van der Waals surface area (Å²) in [4.78, 5) is 32.2. The highest BCUT2D eigenvalue weighted by Gasteiger charge is 2.17. The Balaban J connectivity index is 1.71. The van der Waals surface area contributed by atoms with Gasteiger partial charge in [-0.25, -0.2) is 4.98 Å². The molecule has 0 aromatic carbocycles. The summed E-state index contributed by atoms with van der Waals surface area (Å²) in [5.74, 6) is -0.530. The number of carbonyl (C=O) groups excluding carboxylic acids is 2. The molecule has 0 saturated carbocycles. The molecule has 2 aromatic rings. The topological polar surface area (TPSA) is 110 Å². The van der Waals surface area contributed by atoms with Gasteiger partial charge in [-0.3, -0.25) is 14.6 Å². The second kappa shape index (κ2) is 9.24. The summed E-state index contributed by atoms with van der Waals surface area (Å²) in [5.41, 5.74) is 7.38. The Hall–Kier alpha value is -2.32. The zero-order valence-corrected chi connectivity index (χ0v) is 15.2. The van der Waals surface area contributed by atoms with E-state index >= 15 is 0 Å². The molecule has 0 aliphatic carbocycles. The Labute approximate surface area is 151 Å². The fourth-order valence-corrected chi connectivity index (χ4v) is 2.81. The van der Waals surface area contributed by atoms with Gasteiger partial charge in [-0.15, -0.1) is 11.3 Å². The van der Waals surface area contributed by atoms with Gasteiger partial charge in [0.05, 0.1) is 29.0 Å². The van der Waals surface area contributed by atoms with Crippen molar-refractivity contribution in [3.05, 3.63) is 34.8 Å². The molecule has 2 heterocycles. The van der Waals surface area contributed by atoms with Crippen LogP contribution in [0.5, 0.6) is 0 Å². The van der Waals surface area contributed by atoms with E-state index in [-0.39, 0.29) is 24.3 Å². The molecule has 0 spiro atoms. The number of hydrogen-bond acceptors (Lipinski definition) is 6. The number of nitrogens with zero attached hydrogens (tertiary/aromatic N) is 2. The van der Waals surface area contributed by atoms with E-state index in [0.717, 1.165) is 16.4 Å². The van der Waals surface area contributed by atoms with Crippen LogP contribution < -0.4 is 16.4 Å². The van der Waals surface area contributed by atoms with Crippen LogP contribution in [0, 0.1) is 5.92 Å². The molecule has 0 saturated heterocycles. The quantitative estimate of drug-likeness (QED) is 0.649.